The molecule has 1 aromatic rings. The minimum absolute atomic E-state index is 0.0792. The Bertz CT molecular complexity index is 450. The van der Waals surface area contributed by atoms with Gasteiger partial charge in [-0.3, -0.25) is 4.79 Å². The second-order valence-corrected chi connectivity index (χ2v) is 5.06. The van der Waals surface area contributed by atoms with Crippen molar-refractivity contribution in [2.45, 2.75) is 31.8 Å². The van der Waals surface area contributed by atoms with Gasteiger partial charge in [0.05, 0.1) is 6.04 Å². The van der Waals surface area contributed by atoms with Crippen LogP contribution in [0.3, 0.4) is 0 Å². The Labute approximate surface area is 112 Å². The number of nitrogens with one attached hydrogen (secondary N) is 1. The summed E-state index contributed by atoms with van der Waals surface area (Å²) in [5.74, 6) is -0.370. The van der Waals surface area contributed by atoms with Crippen LogP contribution < -0.4 is 16.0 Å². The molecule has 1 unspecified atom stereocenters. The van der Waals surface area contributed by atoms with Gasteiger partial charge in [-0.15, -0.1) is 0 Å². The maximum absolute atomic E-state index is 13.2. The van der Waals surface area contributed by atoms with E-state index in [1.807, 2.05) is 6.07 Å². The van der Waals surface area contributed by atoms with Gasteiger partial charge in [0.2, 0.25) is 5.91 Å². The zero-order valence-electron chi connectivity index (χ0n) is 11.1. The van der Waals surface area contributed by atoms with Crippen LogP contribution in [0.4, 0.5) is 10.1 Å². The fraction of sp³-hybridized carbons (Fsp3) is 0.500. The standard InChI is InChI=1S/C14H20FN3O/c1-10(16)14(19)17-12-5-3-7-18(9-12)13-6-2-4-11(15)8-13/h2,4,6,8,10,12H,3,5,7,9,16H2,1H3,(H,17,19)/t10-,12?/m1/s1. The smallest absolute Gasteiger partial charge is 0.236 e. The molecule has 1 aliphatic heterocycles. The molecule has 3 N–H and O–H groups in total. The average Bonchev–Trinajstić information content (AvgIpc) is 2.39. The van der Waals surface area contributed by atoms with E-state index in [9.17, 15) is 9.18 Å². The Hall–Kier alpha value is -1.62. The molecule has 0 saturated carbocycles. The summed E-state index contributed by atoms with van der Waals surface area (Å²) in [6.07, 6.45) is 1.91. The topological polar surface area (TPSA) is 58.4 Å². The summed E-state index contributed by atoms with van der Waals surface area (Å²) in [7, 11) is 0. The van der Waals surface area contributed by atoms with Gasteiger partial charge in [0, 0.05) is 24.8 Å². The zero-order valence-corrected chi connectivity index (χ0v) is 11.1. The number of benzene rings is 1. The van der Waals surface area contributed by atoms with Gasteiger partial charge < -0.3 is 16.0 Å². The van der Waals surface area contributed by atoms with Crippen LogP contribution in [0.1, 0.15) is 19.8 Å². The predicted molar refractivity (Wildman–Crippen MR) is 73.4 cm³/mol. The van der Waals surface area contributed by atoms with Crippen molar-refractivity contribution in [3.05, 3.63) is 30.1 Å². The Morgan fingerprint density at radius 1 is 1.58 bits per heavy atom. The molecule has 1 aliphatic rings. The van der Waals surface area contributed by atoms with Gasteiger partial charge in [0.15, 0.2) is 0 Å². The van der Waals surface area contributed by atoms with Gasteiger partial charge in [0.25, 0.3) is 0 Å². The first-order valence-electron chi connectivity index (χ1n) is 6.63. The Balaban J connectivity index is 1.99. The van der Waals surface area contributed by atoms with Crippen molar-refractivity contribution < 1.29 is 9.18 Å². The average molecular weight is 265 g/mol. The third kappa shape index (κ3) is 3.67. The second-order valence-electron chi connectivity index (χ2n) is 5.06. The number of halogens is 1. The highest BCUT2D eigenvalue weighted by Gasteiger charge is 2.22. The van der Waals surface area contributed by atoms with Crippen molar-refractivity contribution >= 4 is 11.6 Å². The summed E-state index contributed by atoms with van der Waals surface area (Å²) in [4.78, 5) is 13.7. The van der Waals surface area contributed by atoms with Crippen molar-refractivity contribution in [1.82, 2.24) is 5.32 Å². The molecule has 104 valence electrons. The molecule has 1 aromatic carbocycles. The molecule has 0 aromatic heterocycles. The van der Waals surface area contributed by atoms with E-state index in [2.05, 4.69) is 10.2 Å². The lowest BCUT2D eigenvalue weighted by Crippen LogP contribution is -2.51. The van der Waals surface area contributed by atoms with Gasteiger partial charge in [-0.25, -0.2) is 4.39 Å². The normalized spacial score (nSPS) is 21.0. The van der Waals surface area contributed by atoms with E-state index in [-0.39, 0.29) is 17.8 Å². The van der Waals surface area contributed by atoms with Crippen LogP contribution in [0.15, 0.2) is 24.3 Å². The molecule has 4 nitrogen and oxygen atoms in total. The van der Waals surface area contributed by atoms with Crippen molar-refractivity contribution in [3.8, 4) is 0 Å². The van der Waals surface area contributed by atoms with Crippen molar-refractivity contribution in [1.29, 1.82) is 0 Å². The van der Waals surface area contributed by atoms with Gasteiger partial charge in [-0.1, -0.05) is 6.07 Å². The monoisotopic (exact) mass is 265 g/mol. The largest absolute Gasteiger partial charge is 0.369 e. The number of hydrogen-bond donors (Lipinski definition) is 2. The van der Waals surface area contributed by atoms with Crippen LogP contribution in [0.2, 0.25) is 0 Å². The maximum atomic E-state index is 13.2. The van der Waals surface area contributed by atoms with Gasteiger partial charge in [0.1, 0.15) is 5.82 Å². The summed E-state index contributed by atoms with van der Waals surface area (Å²) in [6, 6.07) is 6.13. The molecule has 0 radical (unpaired) electrons. The van der Waals surface area contributed by atoms with E-state index in [4.69, 9.17) is 5.73 Å². The van der Waals surface area contributed by atoms with Crippen LogP contribution in [0.5, 0.6) is 0 Å². The Kier molecular flexibility index (Phi) is 4.37. The van der Waals surface area contributed by atoms with Crippen molar-refractivity contribution in [3.63, 3.8) is 0 Å². The lowest BCUT2D eigenvalue weighted by Gasteiger charge is -2.35. The quantitative estimate of drug-likeness (QED) is 0.865. The van der Waals surface area contributed by atoms with Gasteiger partial charge in [-0.05, 0) is 38.0 Å². The number of anilines is 1. The highest BCUT2D eigenvalue weighted by atomic mass is 19.1. The molecule has 5 heteroatoms. The summed E-state index contributed by atoms with van der Waals surface area (Å²) in [6.45, 7) is 3.25. The number of hydrogen-bond acceptors (Lipinski definition) is 3. The minimum Gasteiger partial charge on any atom is -0.369 e. The molecule has 1 saturated heterocycles. The number of piperidine rings is 1. The summed E-state index contributed by atoms with van der Waals surface area (Å²) >= 11 is 0. The van der Waals surface area contributed by atoms with E-state index in [0.717, 1.165) is 25.1 Å². The molecule has 0 spiro atoms. The molecular weight excluding hydrogens is 245 g/mol. The fourth-order valence-electron chi connectivity index (χ4n) is 2.33. The Morgan fingerprint density at radius 3 is 3.05 bits per heavy atom. The second kappa shape index (κ2) is 6.02. The number of nitrogens with zero attached hydrogens (tertiary/aromatic N) is 1. The molecule has 0 aliphatic carbocycles. The lowest BCUT2D eigenvalue weighted by molar-refractivity contribution is -0.122. The summed E-state index contributed by atoms with van der Waals surface area (Å²) < 4.78 is 13.2. The highest BCUT2D eigenvalue weighted by Crippen LogP contribution is 2.20. The molecule has 19 heavy (non-hydrogen) atoms. The molecule has 1 heterocycles. The van der Waals surface area contributed by atoms with Crippen LogP contribution >= 0.6 is 0 Å². The number of amides is 1. The van der Waals surface area contributed by atoms with E-state index < -0.39 is 6.04 Å². The summed E-state index contributed by atoms with van der Waals surface area (Å²) in [5.41, 5.74) is 6.40. The maximum Gasteiger partial charge on any atom is 0.236 e. The van der Waals surface area contributed by atoms with Crippen LogP contribution in [-0.2, 0) is 4.79 Å². The van der Waals surface area contributed by atoms with E-state index in [1.54, 1.807) is 13.0 Å². The third-order valence-electron chi connectivity index (χ3n) is 3.35. The Morgan fingerprint density at radius 2 is 2.37 bits per heavy atom. The SMILES string of the molecule is C[C@@H](N)C(=O)NC1CCCN(c2cccc(F)c2)C1. The first kappa shape index (κ1) is 13.8. The van der Waals surface area contributed by atoms with E-state index in [1.165, 1.54) is 12.1 Å². The molecule has 2 rings (SSSR count). The van der Waals surface area contributed by atoms with Crippen LogP contribution in [0.25, 0.3) is 0 Å². The predicted octanol–water partition coefficient (Wildman–Crippen LogP) is 1.26. The zero-order chi connectivity index (χ0) is 13.8. The molecule has 1 amide bonds. The molecular formula is C14H20FN3O. The number of rotatable bonds is 3. The first-order valence-corrected chi connectivity index (χ1v) is 6.63. The third-order valence-corrected chi connectivity index (χ3v) is 3.35. The highest BCUT2D eigenvalue weighted by molar-refractivity contribution is 5.81. The van der Waals surface area contributed by atoms with E-state index >= 15 is 0 Å². The number of carbonyl (C=O) groups excluding carboxylic acids is 1. The van der Waals surface area contributed by atoms with Crippen LogP contribution in [-0.4, -0.2) is 31.1 Å². The molecule has 2 atom stereocenters. The summed E-state index contributed by atoms with van der Waals surface area (Å²) in [5, 5.41) is 2.93. The first-order chi connectivity index (χ1) is 9.06. The van der Waals surface area contributed by atoms with Gasteiger partial charge >= 0.3 is 0 Å². The molecule has 1 fully saturated rings. The number of nitrogens with two attached hydrogens (primary N) is 1. The minimum atomic E-state index is -0.496. The fourth-order valence-corrected chi connectivity index (χ4v) is 2.33. The number of carbonyl (C=O) groups is 1. The van der Waals surface area contributed by atoms with E-state index in [0.29, 0.717) is 6.54 Å². The molecule has 0 bridgehead atoms. The van der Waals surface area contributed by atoms with Crippen LogP contribution in [0, 0.1) is 5.82 Å². The van der Waals surface area contributed by atoms with Crippen molar-refractivity contribution in [2.75, 3.05) is 18.0 Å². The van der Waals surface area contributed by atoms with Crippen molar-refractivity contribution in [2.24, 2.45) is 5.73 Å². The lowest BCUT2D eigenvalue weighted by atomic mass is 10.0. The van der Waals surface area contributed by atoms with Gasteiger partial charge in [-0.2, -0.15) is 0 Å².